The van der Waals surface area contributed by atoms with Crippen molar-refractivity contribution in [2.75, 3.05) is 5.73 Å². The van der Waals surface area contributed by atoms with Gasteiger partial charge < -0.3 is 16.8 Å². The molecule has 0 heterocycles. The fraction of sp³-hybridized carbons (Fsp3) is 0.273. The lowest BCUT2D eigenvalue weighted by Gasteiger charge is -2.12. The summed E-state index contributed by atoms with van der Waals surface area (Å²) in [6, 6.07) is 0.876. The Labute approximate surface area is 102 Å². The summed E-state index contributed by atoms with van der Waals surface area (Å²) >= 11 is 0. The summed E-state index contributed by atoms with van der Waals surface area (Å²) in [4.78, 5) is 22.3. The van der Waals surface area contributed by atoms with E-state index in [0.29, 0.717) is 6.07 Å². The van der Waals surface area contributed by atoms with Crippen molar-refractivity contribution in [3.05, 3.63) is 29.3 Å². The number of nitrogens with one attached hydrogen (secondary N) is 1. The number of primary amides is 1. The van der Waals surface area contributed by atoms with Gasteiger partial charge in [0.25, 0.3) is 5.91 Å². The van der Waals surface area contributed by atoms with E-state index in [1.807, 2.05) is 0 Å². The molecule has 0 aliphatic rings. The first kappa shape index (κ1) is 13.9. The van der Waals surface area contributed by atoms with Gasteiger partial charge in [0, 0.05) is 18.5 Å². The van der Waals surface area contributed by atoms with Gasteiger partial charge in [0.15, 0.2) is 0 Å². The lowest BCUT2D eigenvalue weighted by Crippen LogP contribution is -2.36. The van der Waals surface area contributed by atoms with Crippen molar-refractivity contribution in [3.63, 3.8) is 0 Å². The van der Waals surface area contributed by atoms with E-state index in [0.717, 1.165) is 6.07 Å². The van der Waals surface area contributed by atoms with E-state index >= 15 is 0 Å². The fourth-order valence-corrected chi connectivity index (χ4v) is 1.39. The first-order valence-corrected chi connectivity index (χ1v) is 5.15. The van der Waals surface area contributed by atoms with Crippen molar-refractivity contribution < 1.29 is 18.4 Å². The van der Waals surface area contributed by atoms with E-state index in [4.69, 9.17) is 11.5 Å². The first-order valence-electron chi connectivity index (χ1n) is 5.15. The van der Waals surface area contributed by atoms with Gasteiger partial charge in [-0.2, -0.15) is 0 Å². The van der Waals surface area contributed by atoms with E-state index in [-0.39, 0.29) is 17.7 Å². The Balaban J connectivity index is 2.85. The number of carbonyl (C=O) groups is 2. The van der Waals surface area contributed by atoms with E-state index < -0.39 is 29.5 Å². The van der Waals surface area contributed by atoms with Crippen LogP contribution in [0, 0.1) is 11.6 Å². The molecule has 0 radical (unpaired) electrons. The van der Waals surface area contributed by atoms with Crippen LogP contribution in [-0.4, -0.2) is 17.9 Å². The number of nitrogens with two attached hydrogens (primary N) is 2. The van der Waals surface area contributed by atoms with E-state index in [9.17, 15) is 18.4 Å². The number of rotatable bonds is 4. The molecule has 1 aromatic carbocycles. The summed E-state index contributed by atoms with van der Waals surface area (Å²) in [7, 11) is 0. The average molecular weight is 257 g/mol. The van der Waals surface area contributed by atoms with Gasteiger partial charge in [0.05, 0.1) is 11.3 Å². The van der Waals surface area contributed by atoms with E-state index in [1.165, 1.54) is 6.92 Å². The minimum absolute atomic E-state index is 0.0793. The van der Waals surface area contributed by atoms with Gasteiger partial charge in [0.2, 0.25) is 5.91 Å². The monoisotopic (exact) mass is 257 g/mol. The van der Waals surface area contributed by atoms with Gasteiger partial charge in [-0.3, -0.25) is 9.59 Å². The van der Waals surface area contributed by atoms with Crippen molar-refractivity contribution in [1.29, 1.82) is 0 Å². The third-order valence-electron chi connectivity index (χ3n) is 2.22. The number of hydrogen-bond donors (Lipinski definition) is 3. The molecule has 7 heteroatoms. The van der Waals surface area contributed by atoms with Gasteiger partial charge >= 0.3 is 0 Å². The maximum atomic E-state index is 13.3. The van der Waals surface area contributed by atoms with Crippen molar-refractivity contribution >= 4 is 17.5 Å². The predicted molar refractivity (Wildman–Crippen MR) is 61.5 cm³/mol. The Morgan fingerprint density at radius 2 is 1.94 bits per heavy atom. The largest absolute Gasteiger partial charge is 0.396 e. The number of halogens is 2. The van der Waals surface area contributed by atoms with Crippen LogP contribution in [-0.2, 0) is 4.79 Å². The molecule has 1 atom stereocenters. The van der Waals surface area contributed by atoms with Gasteiger partial charge in [-0.1, -0.05) is 0 Å². The quantitative estimate of drug-likeness (QED) is 0.686. The van der Waals surface area contributed by atoms with Gasteiger partial charge in [-0.25, -0.2) is 8.78 Å². The number of nitrogen functional groups attached to an aromatic ring is 1. The molecular weight excluding hydrogens is 244 g/mol. The molecule has 98 valence electrons. The maximum absolute atomic E-state index is 13.3. The highest BCUT2D eigenvalue weighted by molar-refractivity contribution is 5.95. The zero-order valence-corrected chi connectivity index (χ0v) is 9.67. The van der Waals surface area contributed by atoms with E-state index in [2.05, 4.69) is 5.32 Å². The first-order chi connectivity index (χ1) is 8.31. The summed E-state index contributed by atoms with van der Waals surface area (Å²) in [5.74, 6) is -3.34. The molecule has 0 aliphatic heterocycles. The molecule has 1 unspecified atom stereocenters. The van der Waals surface area contributed by atoms with Gasteiger partial charge in [-0.05, 0) is 13.0 Å². The number of benzene rings is 1. The van der Waals surface area contributed by atoms with Crippen LogP contribution in [0.25, 0.3) is 0 Å². The van der Waals surface area contributed by atoms with Crippen molar-refractivity contribution in [1.82, 2.24) is 5.32 Å². The normalized spacial score (nSPS) is 11.9. The lowest BCUT2D eigenvalue weighted by molar-refractivity contribution is -0.118. The molecule has 0 saturated heterocycles. The Kier molecular flexibility index (Phi) is 4.19. The minimum Gasteiger partial charge on any atom is -0.396 e. The summed E-state index contributed by atoms with van der Waals surface area (Å²) in [5, 5.41) is 2.36. The van der Waals surface area contributed by atoms with Crippen LogP contribution in [0.3, 0.4) is 0 Å². The third kappa shape index (κ3) is 3.41. The average Bonchev–Trinajstić information content (AvgIpc) is 2.21. The third-order valence-corrected chi connectivity index (χ3v) is 2.22. The van der Waals surface area contributed by atoms with E-state index in [1.54, 1.807) is 0 Å². The number of amides is 2. The number of carbonyl (C=O) groups excluding carboxylic acids is 2. The second-order valence-corrected chi connectivity index (χ2v) is 3.90. The van der Waals surface area contributed by atoms with Crippen LogP contribution < -0.4 is 16.8 Å². The summed E-state index contributed by atoms with van der Waals surface area (Å²) < 4.78 is 26.2. The zero-order valence-electron chi connectivity index (χ0n) is 9.67. The molecule has 1 rings (SSSR count). The molecule has 0 bridgehead atoms. The molecule has 18 heavy (non-hydrogen) atoms. The molecule has 5 N–H and O–H groups in total. The predicted octanol–water partition coefficient (Wildman–Crippen LogP) is 0.541. The summed E-state index contributed by atoms with van der Waals surface area (Å²) in [5.41, 5.74) is 9.48. The van der Waals surface area contributed by atoms with Crippen molar-refractivity contribution in [2.45, 2.75) is 19.4 Å². The Hall–Kier alpha value is -2.18. The minimum atomic E-state index is -1.02. The zero-order chi connectivity index (χ0) is 13.9. The summed E-state index contributed by atoms with van der Waals surface area (Å²) in [6.45, 7) is 1.54. The molecule has 0 spiro atoms. The molecule has 0 aromatic heterocycles. The molecule has 2 amide bonds. The van der Waals surface area contributed by atoms with Crippen molar-refractivity contribution in [2.24, 2.45) is 5.73 Å². The molecule has 0 aliphatic carbocycles. The molecule has 1 aromatic rings. The van der Waals surface area contributed by atoms with Crippen molar-refractivity contribution in [3.8, 4) is 0 Å². The standard InChI is InChI=1S/C11H13F2N3O2/c1-5(2-10(15)17)16-11(18)6-3-9(14)8(13)4-7(6)12/h3-5H,2,14H2,1H3,(H2,15,17)(H,16,18). The molecule has 0 fully saturated rings. The van der Waals surface area contributed by atoms with Crippen LogP contribution in [0.2, 0.25) is 0 Å². The fourth-order valence-electron chi connectivity index (χ4n) is 1.39. The number of hydrogen-bond acceptors (Lipinski definition) is 3. The van der Waals surface area contributed by atoms with Crippen LogP contribution in [0.5, 0.6) is 0 Å². The van der Waals surface area contributed by atoms with Crippen LogP contribution in [0.15, 0.2) is 12.1 Å². The number of anilines is 1. The molecule has 0 saturated carbocycles. The highest BCUT2D eigenvalue weighted by Gasteiger charge is 2.17. The highest BCUT2D eigenvalue weighted by Crippen LogP contribution is 2.16. The Bertz CT molecular complexity index is 491. The molecular formula is C11H13F2N3O2. The maximum Gasteiger partial charge on any atom is 0.254 e. The summed E-state index contributed by atoms with van der Waals surface area (Å²) in [6.07, 6.45) is -0.0793. The topological polar surface area (TPSA) is 98.2 Å². The van der Waals surface area contributed by atoms with Gasteiger partial charge in [-0.15, -0.1) is 0 Å². The smallest absolute Gasteiger partial charge is 0.254 e. The van der Waals surface area contributed by atoms with Crippen LogP contribution in [0.4, 0.5) is 14.5 Å². The van der Waals surface area contributed by atoms with Crippen LogP contribution in [0.1, 0.15) is 23.7 Å². The highest BCUT2D eigenvalue weighted by atomic mass is 19.1. The Morgan fingerprint density at radius 1 is 1.33 bits per heavy atom. The van der Waals surface area contributed by atoms with Gasteiger partial charge in [0.1, 0.15) is 11.6 Å². The lowest BCUT2D eigenvalue weighted by atomic mass is 10.1. The SMILES string of the molecule is CC(CC(N)=O)NC(=O)c1cc(N)c(F)cc1F. The molecule has 5 nitrogen and oxygen atoms in total. The van der Waals surface area contributed by atoms with Crippen LogP contribution >= 0.6 is 0 Å². The Morgan fingerprint density at radius 3 is 2.50 bits per heavy atom. The second kappa shape index (κ2) is 5.44. The second-order valence-electron chi connectivity index (χ2n) is 3.90.